The summed E-state index contributed by atoms with van der Waals surface area (Å²) < 4.78 is 6.40. The minimum atomic E-state index is -0.362. The van der Waals surface area contributed by atoms with E-state index in [1.165, 1.54) is 0 Å². The van der Waals surface area contributed by atoms with E-state index >= 15 is 0 Å². The molecule has 0 atom stereocenters. The van der Waals surface area contributed by atoms with E-state index in [1.54, 1.807) is 0 Å². The summed E-state index contributed by atoms with van der Waals surface area (Å²) in [7, 11) is 0. The van der Waals surface area contributed by atoms with Gasteiger partial charge < -0.3 is 15.4 Å². The van der Waals surface area contributed by atoms with Crippen LogP contribution < -0.4 is 15.4 Å². The third-order valence-electron chi connectivity index (χ3n) is 4.31. The lowest BCUT2D eigenvalue weighted by atomic mass is 10.1. The van der Waals surface area contributed by atoms with Crippen molar-refractivity contribution in [2.75, 3.05) is 18.5 Å². The van der Waals surface area contributed by atoms with Crippen molar-refractivity contribution in [2.45, 2.75) is 13.3 Å². The molecule has 3 aromatic carbocycles. The lowest BCUT2D eigenvalue weighted by Crippen LogP contribution is -2.35. The van der Waals surface area contributed by atoms with Gasteiger partial charge in [-0.1, -0.05) is 55.5 Å². The SMILES string of the molecule is CCc1ccccc1NC(=O)CNC(=O)COc1ccc2ccccc2c1Br. The number of hydrogen-bond donors (Lipinski definition) is 2. The Morgan fingerprint density at radius 1 is 0.964 bits per heavy atom. The molecule has 144 valence electrons. The molecule has 0 heterocycles. The highest BCUT2D eigenvalue weighted by molar-refractivity contribution is 9.10. The van der Waals surface area contributed by atoms with Crippen molar-refractivity contribution in [1.29, 1.82) is 0 Å². The smallest absolute Gasteiger partial charge is 0.258 e. The fourth-order valence-electron chi connectivity index (χ4n) is 2.84. The zero-order chi connectivity index (χ0) is 19.9. The molecule has 0 fully saturated rings. The lowest BCUT2D eigenvalue weighted by Gasteiger charge is -2.12. The van der Waals surface area contributed by atoms with Crippen molar-refractivity contribution in [3.63, 3.8) is 0 Å². The van der Waals surface area contributed by atoms with Crippen LogP contribution in [0.2, 0.25) is 0 Å². The van der Waals surface area contributed by atoms with E-state index in [-0.39, 0.29) is 25.0 Å². The van der Waals surface area contributed by atoms with E-state index in [4.69, 9.17) is 4.74 Å². The molecule has 3 rings (SSSR count). The van der Waals surface area contributed by atoms with Gasteiger partial charge in [0, 0.05) is 5.69 Å². The molecule has 0 saturated heterocycles. The first kappa shape index (κ1) is 19.9. The van der Waals surface area contributed by atoms with Gasteiger partial charge >= 0.3 is 0 Å². The Kier molecular flexibility index (Phi) is 6.66. The number of para-hydroxylation sites is 1. The molecule has 2 amide bonds. The fourth-order valence-corrected chi connectivity index (χ4v) is 3.45. The van der Waals surface area contributed by atoms with Crippen LogP contribution in [0.1, 0.15) is 12.5 Å². The molecule has 0 aliphatic rings. The van der Waals surface area contributed by atoms with E-state index < -0.39 is 0 Å². The van der Waals surface area contributed by atoms with Crippen molar-refractivity contribution < 1.29 is 14.3 Å². The van der Waals surface area contributed by atoms with Gasteiger partial charge in [-0.25, -0.2) is 0 Å². The molecule has 0 saturated carbocycles. The predicted octanol–water partition coefficient (Wildman–Crippen LogP) is 4.30. The van der Waals surface area contributed by atoms with E-state index in [0.717, 1.165) is 32.9 Å². The Labute approximate surface area is 172 Å². The Bertz CT molecular complexity index is 1000. The minimum absolute atomic E-state index is 0.112. The quantitative estimate of drug-likeness (QED) is 0.575. The maximum atomic E-state index is 12.1. The molecule has 0 radical (unpaired) electrons. The normalized spacial score (nSPS) is 10.5. The number of hydrogen-bond acceptors (Lipinski definition) is 3. The van der Waals surface area contributed by atoms with Crippen molar-refractivity contribution in [2.24, 2.45) is 0 Å². The highest BCUT2D eigenvalue weighted by atomic mass is 79.9. The molecule has 0 aliphatic carbocycles. The Morgan fingerprint density at radius 3 is 2.54 bits per heavy atom. The largest absolute Gasteiger partial charge is 0.483 e. The van der Waals surface area contributed by atoms with Gasteiger partial charge in [0.25, 0.3) is 5.91 Å². The molecule has 0 unspecified atom stereocenters. The first-order valence-corrected chi connectivity index (χ1v) is 9.82. The second-order valence-corrected chi connectivity index (χ2v) is 7.02. The highest BCUT2D eigenvalue weighted by Crippen LogP contribution is 2.32. The summed E-state index contributed by atoms with van der Waals surface area (Å²) >= 11 is 3.52. The third kappa shape index (κ3) is 4.89. The third-order valence-corrected chi connectivity index (χ3v) is 5.12. The molecule has 3 aromatic rings. The van der Waals surface area contributed by atoms with E-state index in [2.05, 4.69) is 26.6 Å². The number of carbonyl (C=O) groups excluding carboxylic acids is 2. The molecule has 0 aliphatic heterocycles. The standard InChI is InChI=1S/C22H21BrN2O3/c1-2-15-7-4-6-10-18(15)25-20(26)13-24-21(27)14-28-19-12-11-16-8-3-5-9-17(16)22(19)23/h3-12H,2,13-14H2,1H3,(H,24,27)(H,25,26). The lowest BCUT2D eigenvalue weighted by molar-refractivity contribution is -0.125. The molecular weight excluding hydrogens is 420 g/mol. The van der Waals surface area contributed by atoms with Crippen LogP contribution in [-0.2, 0) is 16.0 Å². The van der Waals surface area contributed by atoms with Crippen LogP contribution in [0.3, 0.4) is 0 Å². The highest BCUT2D eigenvalue weighted by Gasteiger charge is 2.11. The summed E-state index contributed by atoms with van der Waals surface area (Å²) in [6, 6.07) is 19.2. The molecule has 2 N–H and O–H groups in total. The summed E-state index contributed by atoms with van der Waals surface area (Å²) in [5.41, 5.74) is 1.81. The topological polar surface area (TPSA) is 67.4 Å². The minimum Gasteiger partial charge on any atom is -0.483 e. The van der Waals surface area contributed by atoms with Gasteiger partial charge in [0.2, 0.25) is 5.91 Å². The van der Waals surface area contributed by atoms with E-state index in [9.17, 15) is 9.59 Å². The van der Waals surface area contributed by atoms with Gasteiger partial charge in [0.05, 0.1) is 11.0 Å². The van der Waals surface area contributed by atoms with Gasteiger partial charge in [-0.05, 0) is 50.8 Å². The van der Waals surface area contributed by atoms with Crippen LogP contribution in [0, 0.1) is 0 Å². The average Bonchev–Trinajstić information content (AvgIpc) is 2.72. The Balaban J connectivity index is 1.51. The number of rotatable bonds is 7. The van der Waals surface area contributed by atoms with Gasteiger partial charge in [-0.2, -0.15) is 0 Å². The van der Waals surface area contributed by atoms with Crippen LogP contribution in [0.5, 0.6) is 5.75 Å². The number of anilines is 1. The van der Waals surface area contributed by atoms with Gasteiger partial charge in [0.15, 0.2) is 6.61 Å². The monoisotopic (exact) mass is 440 g/mol. The maximum absolute atomic E-state index is 12.1. The summed E-state index contributed by atoms with van der Waals surface area (Å²) in [5, 5.41) is 7.48. The second-order valence-electron chi connectivity index (χ2n) is 6.22. The van der Waals surface area contributed by atoms with Crippen LogP contribution in [0.25, 0.3) is 10.8 Å². The second kappa shape index (κ2) is 9.37. The van der Waals surface area contributed by atoms with Crippen molar-refractivity contribution in [3.05, 3.63) is 70.7 Å². The zero-order valence-corrected chi connectivity index (χ0v) is 17.1. The van der Waals surface area contributed by atoms with Crippen LogP contribution in [0.4, 0.5) is 5.69 Å². The van der Waals surface area contributed by atoms with E-state index in [1.807, 2.05) is 67.6 Å². The summed E-state index contributed by atoms with van der Waals surface area (Å²) in [4.78, 5) is 24.1. The molecule has 0 spiro atoms. The molecule has 6 heteroatoms. The number of halogens is 1. The van der Waals surface area contributed by atoms with Gasteiger partial charge in [-0.15, -0.1) is 0 Å². The summed E-state index contributed by atoms with van der Waals surface area (Å²) in [6.45, 7) is 1.74. The van der Waals surface area contributed by atoms with Crippen molar-refractivity contribution in [1.82, 2.24) is 5.32 Å². The molecule has 0 aromatic heterocycles. The molecule has 0 bridgehead atoms. The van der Waals surface area contributed by atoms with Gasteiger partial charge in [0.1, 0.15) is 5.75 Å². The molecular formula is C22H21BrN2O3. The van der Waals surface area contributed by atoms with Crippen molar-refractivity contribution >= 4 is 44.2 Å². The number of aryl methyl sites for hydroxylation is 1. The van der Waals surface area contributed by atoms with Crippen LogP contribution in [0.15, 0.2) is 65.1 Å². The zero-order valence-electron chi connectivity index (χ0n) is 15.5. The fraction of sp³-hybridized carbons (Fsp3) is 0.182. The summed E-state index contributed by atoms with van der Waals surface area (Å²) in [6.07, 6.45) is 0.817. The Morgan fingerprint density at radius 2 is 1.71 bits per heavy atom. The maximum Gasteiger partial charge on any atom is 0.258 e. The first-order valence-electron chi connectivity index (χ1n) is 9.03. The van der Waals surface area contributed by atoms with Gasteiger partial charge in [-0.3, -0.25) is 9.59 Å². The van der Waals surface area contributed by atoms with Crippen molar-refractivity contribution in [3.8, 4) is 5.75 Å². The Hall–Kier alpha value is -2.86. The first-order chi connectivity index (χ1) is 13.6. The molecule has 28 heavy (non-hydrogen) atoms. The number of ether oxygens (including phenoxy) is 1. The number of fused-ring (bicyclic) bond motifs is 1. The van der Waals surface area contributed by atoms with Crippen LogP contribution >= 0.6 is 15.9 Å². The number of amides is 2. The molecule has 5 nitrogen and oxygen atoms in total. The number of benzene rings is 3. The number of carbonyl (C=O) groups is 2. The average molecular weight is 441 g/mol. The summed E-state index contributed by atoms with van der Waals surface area (Å²) in [5.74, 6) is -0.0599. The number of nitrogens with one attached hydrogen (secondary N) is 2. The predicted molar refractivity (Wildman–Crippen MR) is 115 cm³/mol. The van der Waals surface area contributed by atoms with Crippen LogP contribution in [-0.4, -0.2) is 25.0 Å². The van der Waals surface area contributed by atoms with E-state index in [0.29, 0.717) is 5.75 Å².